The van der Waals surface area contributed by atoms with Gasteiger partial charge in [0, 0.05) is 105 Å². The predicted octanol–water partition coefficient (Wildman–Crippen LogP) is 22.5. The van der Waals surface area contributed by atoms with Crippen molar-refractivity contribution in [2.45, 2.75) is 0 Å². The van der Waals surface area contributed by atoms with E-state index in [1.54, 1.807) is 0 Å². The summed E-state index contributed by atoms with van der Waals surface area (Å²) < 4.78 is 10.1. The molecule has 16 aromatic carbocycles. The average molecular weight is 1360 g/mol. The molecule has 0 bridgehead atoms. The third-order valence-electron chi connectivity index (χ3n) is 21.6. The van der Waals surface area contributed by atoms with Crippen LogP contribution in [-0.2, 0) is 0 Å². The molecule has 4 aliphatic rings. The van der Waals surface area contributed by atoms with Gasteiger partial charge in [-0.1, -0.05) is 267 Å². The van der Waals surface area contributed by atoms with E-state index < -0.39 is 0 Å². The van der Waals surface area contributed by atoms with Crippen LogP contribution in [0.1, 0.15) is 0 Å². The van der Waals surface area contributed by atoms with Crippen molar-refractivity contribution in [1.82, 2.24) is 0 Å². The molecule has 5 heterocycles. The third-order valence-corrected chi connectivity index (χ3v) is 22.8. The van der Waals surface area contributed by atoms with E-state index >= 15 is 0 Å². The van der Waals surface area contributed by atoms with Crippen LogP contribution < -0.4 is 62.0 Å². The van der Waals surface area contributed by atoms with E-state index in [2.05, 4.69) is 407 Å². The molecule has 105 heavy (non-hydrogen) atoms. The fraction of sp³-hybridized carbons (Fsp3) is 0. The van der Waals surface area contributed by atoms with E-state index in [0.717, 1.165) is 136 Å². The Labute approximate surface area is 615 Å². The first-order chi connectivity index (χ1) is 52.1. The van der Waals surface area contributed by atoms with Crippen LogP contribution in [0, 0.1) is 0 Å². The molecule has 0 radical (unpaired) electrons. The first-order valence-electron chi connectivity index (χ1n) is 36.0. The van der Waals surface area contributed by atoms with E-state index in [0.29, 0.717) is 0 Å². The summed E-state index contributed by atoms with van der Waals surface area (Å²) in [6, 6.07) is 141. The van der Waals surface area contributed by atoms with Crippen LogP contribution in [0.4, 0.5) is 85.3 Å². The summed E-state index contributed by atoms with van der Waals surface area (Å²) in [7, 11) is 0. The summed E-state index contributed by atoms with van der Waals surface area (Å²) in [5.41, 5.74) is 29.8. The molecule has 0 atom stereocenters. The molecule has 6 nitrogen and oxygen atoms in total. The Hall–Kier alpha value is -13.3. The molecular weight excluding hydrogens is 1290 g/mol. The fourth-order valence-electron chi connectivity index (χ4n) is 17.3. The van der Waals surface area contributed by atoms with Crippen molar-refractivity contribution in [2.24, 2.45) is 0 Å². The lowest BCUT2D eigenvalue weighted by molar-refractivity contribution is 0.487. The molecule has 4 aliphatic heterocycles. The number of anilines is 15. The first kappa shape index (κ1) is 60.4. The second-order valence-electron chi connectivity index (χ2n) is 27.4. The number of fused-ring (bicyclic) bond motifs is 11. The zero-order valence-corrected chi connectivity index (χ0v) is 57.9. The van der Waals surface area contributed by atoms with Crippen LogP contribution in [0.5, 0.6) is 11.5 Å². The van der Waals surface area contributed by atoms with Crippen molar-refractivity contribution in [3.05, 3.63) is 382 Å². The summed E-state index contributed by atoms with van der Waals surface area (Å²) >= 11 is 1.88. The van der Waals surface area contributed by atoms with Crippen molar-refractivity contribution < 1.29 is 4.74 Å². The average Bonchev–Trinajstić information content (AvgIpc) is 1.57. The monoisotopic (exact) mass is 1360 g/mol. The first-order valence-corrected chi connectivity index (χ1v) is 36.9. The number of para-hydroxylation sites is 9. The smallest absolute Gasteiger partial charge is 0.256 e. The van der Waals surface area contributed by atoms with Gasteiger partial charge in [0.15, 0.2) is 0 Å². The Morgan fingerprint density at radius 1 is 0.257 bits per heavy atom. The largest absolute Gasteiger partial charge is 0.458 e. The van der Waals surface area contributed by atoms with E-state index in [-0.39, 0.29) is 13.4 Å². The van der Waals surface area contributed by atoms with E-state index in [1.165, 1.54) is 47.6 Å². The number of rotatable bonds is 12. The standard InChI is InChI=1S/C96H63B2N5OS/c1-7-32-64(33-8-1)72-44-19-25-52-82(72)100(68-40-15-5-16-41-68)71-60-90-95-92(61-71)104-91-56-29-24-51-79(91)98(95)81-62-80-86(63-87(81)102(90)83-53-26-20-45-73(83)65-34-9-2-10-35-65)103(84-54-27-21-46-74(84)76-48-31-49-77-75-47-22-30-57-93(75)105-96(76)77)89-59-70(99(66-36-11-3-12-37-66)67-38-13-4-14-39-67)58-88-94(89)97(80)78-50-23-28-55-85(78)101(88)69-42-17-6-18-43-69/h1-63H. The lowest BCUT2D eigenvalue weighted by Crippen LogP contribution is -2.64. The van der Waals surface area contributed by atoms with E-state index in [4.69, 9.17) is 4.74 Å². The highest BCUT2D eigenvalue weighted by Crippen LogP contribution is 2.55. The van der Waals surface area contributed by atoms with Gasteiger partial charge in [-0.15, -0.1) is 11.3 Å². The Bertz CT molecular complexity index is 6220. The summed E-state index contributed by atoms with van der Waals surface area (Å²) in [5, 5.41) is 2.52. The molecule has 21 rings (SSSR count). The quantitative estimate of drug-likeness (QED) is 0.113. The lowest BCUT2D eigenvalue weighted by atomic mass is 9.30. The van der Waals surface area contributed by atoms with Gasteiger partial charge < -0.3 is 29.2 Å². The van der Waals surface area contributed by atoms with Gasteiger partial charge in [-0.25, -0.2) is 0 Å². The molecule has 0 aliphatic carbocycles. The van der Waals surface area contributed by atoms with Crippen molar-refractivity contribution in [2.75, 3.05) is 24.5 Å². The lowest BCUT2D eigenvalue weighted by Gasteiger charge is -2.47. The summed E-state index contributed by atoms with van der Waals surface area (Å²) in [5.74, 6) is 1.65. The highest BCUT2D eigenvalue weighted by molar-refractivity contribution is 7.26. The van der Waals surface area contributed by atoms with Crippen LogP contribution in [0.2, 0.25) is 0 Å². The number of hydrogen-bond acceptors (Lipinski definition) is 7. The van der Waals surface area contributed by atoms with Gasteiger partial charge in [0.1, 0.15) is 11.5 Å². The van der Waals surface area contributed by atoms with Crippen molar-refractivity contribution >= 4 is 163 Å². The van der Waals surface area contributed by atoms with Crippen molar-refractivity contribution in [3.63, 3.8) is 0 Å². The van der Waals surface area contributed by atoms with Crippen molar-refractivity contribution in [3.8, 4) is 44.9 Å². The van der Waals surface area contributed by atoms with Crippen LogP contribution >= 0.6 is 11.3 Å². The summed E-state index contributed by atoms with van der Waals surface area (Å²) in [6.07, 6.45) is 0. The van der Waals surface area contributed by atoms with Crippen LogP contribution in [0.15, 0.2) is 382 Å². The minimum Gasteiger partial charge on any atom is -0.458 e. The molecule has 0 spiro atoms. The SMILES string of the molecule is c1ccc(-c2ccccc2N(c2ccccc2)c2cc3c4c(c2)N(c2ccccc2-c2ccccc2)c2cc5c(cc2B4c2ccccc2O3)B2c3ccccc3N(c3ccccc3)c3cc(N(c4ccccc4)c4ccccc4)cc(c32)N5c2ccccc2-c2cccc3c2sc2ccccc23)cc1. The van der Waals surface area contributed by atoms with Gasteiger partial charge in [-0.3, -0.25) is 0 Å². The normalized spacial score (nSPS) is 12.7. The Balaban J connectivity index is 0.907. The van der Waals surface area contributed by atoms with Gasteiger partial charge >= 0.3 is 0 Å². The maximum absolute atomic E-state index is 7.55. The molecule has 1 aromatic heterocycles. The molecule has 0 unspecified atom stereocenters. The maximum Gasteiger partial charge on any atom is 0.256 e. The number of nitrogens with zero attached hydrogens (tertiary/aromatic N) is 5. The zero-order chi connectivity index (χ0) is 69.1. The van der Waals surface area contributed by atoms with E-state index in [1.807, 2.05) is 11.3 Å². The Kier molecular flexibility index (Phi) is 14.2. The van der Waals surface area contributed by atoms with Crippen LogP contribution in [-0.4, -0.2) is 13.4 Å². The van der Waals surface area contributed by atoms with Gasteiger partial charge in [0.05, 0.1) is 28.4 Å². The number of ether oxygens (including phenoxy) is 1. The highest BCUT2D eigenvalue weighted by Gasteiger charge is 2.49. The topological polar surface area (TPSA) is 25.4 Å². The second kappa shape index (κ2) is 24.7. The summed E-state index contributed by atoms with van der Waals surface area (Å²) in [6.45, 7) is -0.514. The molecule has 17 aromatic rings. The predicted molar refractivity (Wildman–Crippen MR) is 445 cm³/mol. The minimum atomic E-state index is -0.268. The molecule has 9 heteroatoms. The van der Waals surface area contributed by atoms with Gasteiger partial charge in [-0.05, 0) is 153 Å². The highest BCUT2D eigenvalue weighted by atomic mass is 32.1. The van der Waals surface area contributed by atoms with Crippen LogP contribution in [0.25, 0.3) is 53.6 Å². The van der Waals surface area contributed by atoms with Crippen LogP contribution in [0.3, 0.4) is 0 Å². The molecule has 0 saturated heterocycles. The third kappa shape index (κ3) is 9.73. The van der Waals surface area contributed by atoms with Gasteiger partial charge in [-0.2, -0.15) is 0 Å². The molecular formula is C96H63B2N5OS. The summed E-state index contributed by atoms with van der Waals surface area (Å²) in [4.78, 5) is 12.7. The number of hydrogen-bond donors (Lipinski definition) is 0. The maximum atomic E-state index is 7.55. The Morgan fingerprint density at radius 3 is 1.38 bits per heavy atom. The number of thiophene rings is 1. The molecule has 0 saturated carbocycles. The molecule has 490 valence electrons. The van der Waals surface area contributed by atoms with E-state index in [9.17, 15) is 0 Å². The molecule has 0 amide bonds. The fourth-order valence-corrected chi connectivity index (χ4v) is 18.5. The minimum absolute atomic E-state index is 0.246. The molecule has 0 fully saturated rings. The molecule has 0 N–H and O–H groups in total. The van der Waals surface area contributed by atoms with Gasteiger partial charge in [0.25, 0.3) is 13.4 Å². The van der Waals surface area contributed by atoms with Crippen molar-refractivity contribution in [1.29, 1.82) is 0 Å². The zero-order valence-electron chi connectivity index (χ0n) is 57.1. The Morgan fingerprint density at radius 2 is 0.714 bits per heavy atom. The van der Waals surface area contributed by atoms with Gasteiger partial charge in [0.2, 0.25) is 0 Å². The number of benzene rings is 16. The second-order valence-corrected chi connectivity index (χ2v) is 28.4.